The second kappa shape index (κ2) is 13.8. The van der Waals surface area contributed by atoms with Gasteiger partial charge in [0.15, 0.2) is 0 Å². The molecule has 6 aromatic rings. The summed E-state index contributed by atoms with van der Waals surface area (Å²) in [5, 5.41) is 0. The highest BCUT2D eigenvalue weighted by Gasteiger charge is 2.37. The van der Waals surface area contributed by atoms with Crippen LogP contribution in [0.25, 0.3) is 33.6 Å². The maximum absolute atomic E-state index is 13.5. The molecule has 2 amide bonds. The predicted octanol–water partition coefficient (Wildman–Crippen LogP) is 6.65. The van der Waals surface area contributed by atoms with Gasteiger partial charge in [0.1, 0.15) is 48.4 Å². The Bertz CT molecular complexity index is 2240. The number of H-pyrrole nitrogens is 2. The molecule has 10 rings (SSSR count). The molecule has 282 valence electrons. The zero-order chi connectivity index (χ0) is 37.9. The van der Waals surface area contributed by atoms with Gasteiger partial charge in [-0.2, -0.15) is 0 Å². The summed E-state index contributed by atoms with van der Waals surface area (Å²) in [5.41, 5.74) is 22.2. The fourth-order valence-corrected chi connectivity index (χ4v) is 8.89. The number of imidazole rings is 2. The molecule has 4 aliphatic heterocycles. The Kier molecular flexibility index (Phi) is 8.45. The van der Waals surface area contributed by atoms with E-state index in [-0.39, 0.29) is 23.9 Å². The molecule has 0 aliphatic carbocycles. The van der Waals surface area contributed by atoms with Gasteiger partial charge >= 0.3 is 0 Å². The number of likely N-dealkylation sites (tertiary alicyclic amines) is 2. The van der Waals surface area contributed by atoms with E-state index in [2.05, 4.69) is 34.2 Å². The topological polar surface area (TPSA) is 168 Å². The lowest BCUT2D eigenvalue weighted by Crippen LogP contribution is -2.38. The summed E-state index contributed by atoms with van der Waals surface area (Å²) >= 11 is 0. The van der Waals surface area contributed by atoms with E-state index in [9.17, 15) is 9.59 Å². The molecule has 6 heterocycles. The minimum Gasteiger partial charge on any atom is -0.488 e. The van der Waals surface area contributed by atoms with Crippen LogP contribution < -0.4 is 20.9 Å². The molecular weight excluding hydrogens is 705 g/mol. The van der Waals surface area contributed by atoms with Gasteiger partial charge in [-0.1, -0.05) is 60.7 Å². The van der Waals surface area contributed by atoms with E-state index in [0.29, 0.717) is 26.3 Å². The van der Waals surface area contributed by atoms with Gasteiger partial charge in [0.05, 0.1) is 35.9 Å². The average molecular weight is 747 g/mol. The highest BCUT2D eigenvalue weighted by molar-refractivity contribution is 5.89. The van der Waals surface area contributed by atoms with E-state index in [1.807, 2.05) is 82.9 Å². The lowest BCUT2D eigenvalue weighted by atomic mass is 9.87. The van der Waals surface area contributed by atoms with Crippen LogP contribution in [-0.4, -0.2) is 54.6 Å². The van der Waals surface area contributed by atoms with Gasteiger partial charge in [0.25, 0.3) is 0 Å². The summed E-state index contributed by atoms with van der Waals surface area (Å²) in [7, 11) is 0. The van der Waals surface area contributed by atoms with Crippen molar-refractivity contribution in [3.63, 3.8) is 0 Å². The predicted molar refractivity (Wildman–Crippen MR) is 210 cm³/mol. The molecule has 2 saturated heterocycles. The monoisotopic (exact) mass is 746 g/mol. The zero-order valence-corrected chi connectivity index (χ0v) is 30.8. The van der Waals surface area contributed by atoms with E-state index >= 15 is 0 Å². The summed E-state index contributed by atoms with van der Waals surface area (Å²) in [4.78, 5) is 47.3. The lowest BCUT2D eigenvalue weighted by Gasteiger charge is -2.30. The molecule has 4 atom stereocenters. The number of nitrogens with one attached hydrogen (secondary N) is 2. The molecular formula is C44H42N8O4. The van der Waals surface area contributed by atoms with Gasteiger partial charge in [-0.15, -0.1) is 0 Å². The van der Waals surface area contributed by atoms with E-state index in [0.717, 1.165) is 105 Å². The summed E-state index contributed by atoms with van der Waals surface area (Å²) in [6.45, 7) is 2.05. The molecule has 0 bridgehead atoms. The molecule has 0 spiro atoms. The van der Waals surface area contributed by atoms with Crippen LogP contribution in [0.4, 0.5) is 0 Å². The Morgan fingerprint density at radius 2 is 1.07 bits per heavy atom. The number of benzene rings is 4. The van der Waals surface area contributed by atoms with Crippen LogP contribution in [0.5, 0.6) is 11.5 Å². The normalized spacial score (nSPS) is 19.2. The number of ether oxygens (including phenoxy) is 2. The van der Waals surface area contributed by atoms with Crippen LogP contribution in [0.3, 0.4) is 0 Å². The smallest absolute Gasteiger partial charge is 0.244 e. The van der Waals surface area contributed by atoms with Crippen LogP contribution in [0.1, 0.15) is 83.8 Å². The largest absolute Gasteiger partial charge is 0.488 e. The summed E-state index contributed by atoms with van der Waals surface area (Å²) in [6, 6.07) is 25.6. The Balaban J connectivity index is 0.886. The minimum absolute atomic E-state index is 0.0947. The molecule has 12 nitrogen and oxygen atoms in total. The van der Waals surface area contributed by atoms with Crippen LogP contribution in [0, 0.1) is 0 Å². The zero-order valence-electron chi connectivity index (χ0n) is 30.8. The van der Waals surface area contributed by atoms with Crippen molar-refractivity contribution >= 4 is 11.8 Å². The third-order valence-electron chi connectivity index (χ3n) is 11.7. The summed E-state index contributed by atoms with van der Waals surface area (Å²) in [5.74, 6) is 2.91. The third kappa shape index (κ3) is 5.84. The highest BCUT2D eigenvalue weighted by Crippen LogP contribution is 2.51. The molecule has 0 unspecified atom stereocenters. The van der Waals surface area contributed by atoms with Crippen molar-refractivity contribution in [3.8, 4) is 45.1 Å². The highest BCUT2D eigenvalue weighted by atomic mass is 16.5. The number of carbonyl (C=O) groups is 2. The molecule has 56 heavy (non-hydrogen) atoms. The number of carbonyl (C=O) groups excluding carboxylic acids is 2. The number of hydrogen-bond acceptors (Lipinski definition) is 8. The lowest BCUT2D eigenvalue weighted by molar-refractivity contribution is -0.134. The van der Waals surface area contributed by atoms with Crippen molar-refractivity contribution in [2.24, 2.45) is 11.5 Å². The standard InChI is InChI=1S/C44H42N8O4/c45-39(25-9-3-1-4-10-25)43(53)51-15-7-13-33(51)41-47-21-31(49-41)27-17-29-23-56-36-20-28(18-30-24-55-35(19-27)37(29)38(30)36)32-22-48-42(50-32)34-14-8-16-52(34)44(54)40(46)26-11-5-2-6-12-26/h1-6,9-12,17-22,33-34,39-40H,7-8,13-16,23-24,45-46H2,(H,47,49)(H,48,50)/t33-,34-,39+,40+/m0/s1. The molecule has 4 aromatic carbocycles. The first-order valence-corrected chi connectivity index (χ1v) is 19.3. The van der Waals surface area contributed by atoms with Gasteiger partial charge in [0.2, 0.25) is 11.8 Å². The first kappa shape index (κ1) is 34.3. The first-order chi connectivity index (χ1) is 27.4. The van der Waals surface area contributed by atoms with Crippen molar-refractivity contribution < 1.29 is 19.1 Å². The molecule has 12 heteroatoms. The third-order valence-corrected chi connectivity index (χ3v) is 11.7. The summed E-state index contributed by atoms with van der Waals surface area (Å²) < 4.78 is 12.9. The molecule has 2 aromatic heterocycles. The number of nitrogens with zero attached hydrogens (tertiary/aromatic N) is 4. The quantitative estimate of drug-likeness (QED) is 0.134. The van der Waals surface area contributed by atoms with Gasteiger partial charge in [0, 0.05) is 46.5 Å². The number of nitrogens with two attached hydrogens (primary N) is 2. The number of aromatic nitrogens is 4. The van der Waals surface area contributed by atoms with Crippen molar-refractivity contribution in [2.45, 2.75) is 63.1 Å². The average Bonchev–Trinajstić information content (AvgIpc) is 4.09. The fourth-order valence-electron chi connectivity index (χ4n) is 8.89. The van der Waals surface area contributed by atoms with Crippen LogP contribution in [-0.2, 0) is 22.8 Å². The van der Waals surface area contributed by atoms with Crippen molar-refractivity contribution in [2.75, 3.05) is 13.1 Å². The second-order valence-corrected chi connectivity index (χ2v) is 15.1. The Labute approximate surface area is 323 Å². The van der Waals surface area contributed by atoms with E-state index in [4.69, 9.17) is 30.9 Å². The molecule has 0 saturated carbocycles. The van der Waals surface area contributed by atoms with Crippen LogP contribution in [0.15, 0.2) is 97.3 Å². The molecule has 2 fully saturated rings. The number of aromatic amines is 2. The number of rotatable bonds is 8. The first-order valence-electron chi connectivity index (χ1n) is 19.3. The van der Waals surface area contributed by atoms with Crippen molar-refractivity contribution in [1.82, 2.24) is 29.7 Å². The molecule has 4 aliphatic rings. The van der Waals surface area contributed by atoms with Gasteiger partial charge < -0.3 is 40.7 Å². The SMILES string of the molecule is N[C@@H](C(=O)N1CCC[C@H]1c1ncc(-c2cc3c4c(c2)OCc2cc(-c5cnc([C@@H]6CCCN6C(=O)[C@H](N)c6ccccc6)[nH]5)cc(c2-4)OC3)[nH]1)c1ccccc1. The minimum atomic E-state index is -0.719. The van der Waals surface area contributed by atoms with E-state index in [1.54, 1.807) is 0 Å². The van der Waals surface area contributed by atoms with Gasteiger partial charge in [-0.05, 0) is 61.1 Å². The fraction of sp³-hybridized carbons (Fsp3) is 0.273. The van der Waals surface area contributed by atoms with Gasteiger partial charge in [-0.25, -0.2) is 9.97 Å². The Morgan fingerprint density at radius 1 is 0.643 bits per heavy atom. The molecule has 6 N–H and O–H groups in total. The van der Waals surface area contributed by atoms with Crippen LogP contribution >= 0.6 is 0 Å². The van der Waals surface area contributed by atoms with Crippen molar-refractivity contribution in [1.29, 1.82) is 0 Å². The van der Waals surface area contributed by atoms with E-state index < -0.39 is 12.1 Å². The number of amides is 2. The maximum Gasteiger partial charge on any atom is 0.244 e. The number of hydrogen-bond donors (Lipinski definition) is 4. The summed E-state index contributed by atoms with van der Waals surface area (Å²) in [6.07, 6.45) is 7.07. The Morgan fingerprint density at radius 3 is 1.50 bits per heavy atom. The van der Waals surface area contributed by atoms with Crippen LogP contribution in [0.2, 0.25) is 0 Å². The van der Waals surface area contributed by atoms with Crippen molar-refractivity contribution in [3.05, 3.63) is 131 Å². The van der Waals surface area contributed by atoms with E-state index in [1.165, 1.54) is 0 Å². The molecule has 0 radical (unpaired) electrons. The Hall–Kier alpha value is -6.24. The maximum atomic E-state index is 13.5. The van der Waals surface area contributed by atoms with Gasteiger partial charge in [-0.3, -0.25) is 9.59 Å². The second-order valence-electron chi connectivity index (χ2n) is 15.1.